The summed E-state index contributed by atoms with van der Waals surface area (Å²) in [4.78, 5) is 30.5. The number of carboxylic acids is 1. The first kappa shape index (κ1) is 22.6. The molecule has 31 heavy (non-hydrogen) atoms. The first-order valence-corrected chi connectivity index (χ1v) is 11.7. The van der Waals surface area contributed by atoms with Gasteiger partial charge in [-0.2, -0.15) is 0 Å². The third-order valence-electron chi connectivity index (χ3n) is 7.13. The van der Waals surface area contributed by atoms with Crippen LogP contribution in [0, 0.1) is 5.41 Å². The van der Waals surface area contributed by atoms with E-state index in [4.69, 9.17) is 23.2 Å². The van der Waals surface area contributed by atoms with Gasteiger partial charge in [0.2, 0.25) is 5.91 Å². The second-order valence-corrected chi connectivity index (χ2v) is 9.81. The smallest absolute Gasteiger partial charge is 0.326 e. The van der Waals surface area contributed by atoms with Gasteiger partial charge in [-0.15, -0.1) is 0 Å². The van der Waals surface area contributed by atoms with Crippen molar-refractivity contribution in [1.82, 2.24) is 9.80 Å². The van der Waals surface area contributed by atoms with Crippen LogP contribution >= 0.6 is 23.2 Å². The Morgan fingerprint density at radius 3 is 2.55 bits per heavy atom. The molecule has 9 heteroatoms. The van der Waals surface area contributed by atoms with E-state index in [1.807, 2.05) is 11.0 Å². The highest BCUT2D eigenvalue weighted by atomic mass is 35.5. The summed E-state index contributed by atoms with van der Waals surface area (Å²) in [5, 5.41) is 21.2. The summed E-state index contributed by atoms with van der Waals surface area (Å²) in [5.41, 5.74) is 0.990. The van der Waals surface area contributed by atoms with Gasteiger partial charge in [0.1, 0.15) is 6.04 Å². The number of halogens is 2. The number of aliphatic hydroxyl groups excluding tert-OH is 1. The van der Waals surface area contributed by atoms with Gasteiger partial charge in [0.15, 0.2) is 0 Å². The highest BCUT2D eigenvalue weighted by Crippen LogP contribution is 2.53. The van der Waals surface area contributed by atoms with E-state index in [-0.39, 0.29) is 23.8 Å². The van der Waals surface area contributed by atoms with Gasteiger partial charge in [-0.05, 0) is 55.8 Å². The highest BCUT2D eigenvalue weighted by molar-refractivity contribution is 6.42. The Labute approximate surface area is 192 Å². The molecule has 1 amide bonds. The number of likely N-dealkylation sites (tertiary alicyclic amines) is 1. The molecule has 2 aliphatic heterocycles. The van der Waals surface area contributed by atoms with E-state index >= 15 is 0 Å². The van der Waals surface area contributed by atoms with Crippen molar-refractivity contribution in [2.75, 3.05) is 44.2 Å². The number of hydrogen-bond donors (Lipinski definition) is 2. The molecule has 4 rings (SSSR count). The molecule has 2 heterocycles. The molecule has 2 N–H and O–H groups in total. The lowest BCUT2D eigenvalue weighted by molar-refractivity contribution is -0.150. The zero-order valence-corrected chi connectivity index (χ0v) is 19.0. The molecule has 2 unspecified atom stereocenters. The zero-order valence-electron chi connectivity index (χ0n) is 17.5. The molecule has 7 nitrogen and oxygen atoms in total. The molecule has 1 aromatic carbocycles. The molecule has 3 aliphatic rings. The fourth-order valence-electron chi connectivity index (χ4n) is 4.85. The number of carboxylic acid groups (broad SMARTS) is 1. The summed E-state index contributed by atoms with van der Waals surface area (Å²) in [6.45, 7) is 3.39. The molecule has 3 fully saturated rings. The normalized spacial score (nSPS) is 24.9. The summed E-state index contributed by atoms with van der Waals surface area (Å²) in [7, 11) is 0. The van der Waals surface area contributed by atoms with Crippen LogP contribution in [-0.4, -0.2) is 83.3 Å². The summed E-state index contributed by atoms with van der Waals surface area (Å²) < 4.78 is 0. The lowest BCUT2D eigenvalue weighted by atomic mass is 9.90. The first-order valence-electron chi connectivity index (χ1n) is 10.9. The monoisotopic (exact) mass is 469 g/mol. The van der Waals surface area contributed by atoms with Gasteiger partial charge in [-0.25, -0.2) is 4.79 Å². The lowest BCUT2D eigenvalue weighted by Crippen LogP contribution is -2.50. The van der Waals surface area contributed by atoms with Gasteiger partial charge in [-0.1, -0.05) is 23.2 Å². The Hall–Kier alpha value is -1.54. The van der Waals surface area contributed by atoms with E-state index < -0.39 is 12.0 Å². The Kier molecular flexibility index (Phi) is 6.68. The third kappa shape index (κ3) is 4.95. The Balaban J connectivity index is 1.37. The quantitative estimate of drug-likeness (QED) is 0.666. The van der Waals surface area contributed by atoms with Crippen molar-refractivity contribution in [2.45, 2.75) is 44.2 Å². The number of β-amino-alcohol motifs (C(OH)–C–C–N with tert-alkyl or cyclic N) is 1. The van der Waals surface area contributed by atoms with Crippen LogP contribution in [-0.2, 0) is 9.59 Å². The van der Waals surface area contributed by atoms with E-state index in [0.29, 0.717) is 49.2 Å². The van der Waals surface area contributed by atoms with Crippen molar-refractivity contribution in [3.8, 4) is 0 Å². The van der Waals surface area contributed by atoms with Crippen LogP contribution in [0.3, 0.4) is 0 Å². The largest absolute Gasteiger partial charge is 0.480 e. The summed E-state index contributed by atoms with van der Waals surface area (Å²) in [5.74, 6) is -1.13. The van der Waals surface area contributed by atoms with Crippen LogP contribution in [0.25, 0.3) is 0 Å². The van der Waals surface area contributed by atoms with Gasteiger partial charge in [0.05, 0.1) is 16.1 Å². The fraction of sp³-hybridized carbons (Fsp3) is 0.636. The molecule has 1 saturated carbocycles. The lowest BCUT2D eigenvalue weighted by Gasteiger charge is -2.37. The average Bonchev–Trinajstić information content (AvgIpc) is 3.53. The number of piperidine rings is 1. The van der Waals surface area contributed by atoms with E-state index in [1.165, 1.54) is 4.90 Å². The predicted octanol–water partition coefficient (Wildman–Crippen LogP) is 2.72. The fourth-order valence-corrected chi connectivity index (χ4v) is 5.14. The Morgan fingerprint density at radius 2 is 1.90 bits per heavy atom. The SMILES string of the molecule is O=C(O)C(CCN1CCC2(CC2)C(O)C1)N1CCN(c2ccc(Cl)c(Cl)c2)CCC1=O. The van der Waals surface area contributed by atoms with Crippen molar-refractivity contribution in [2.24, 2.45) is 5.41 Å². The van der Waals surface area contributed by atoms with Crippen LogP contribution in [0.1, 0.15) is 32.1 Å². The maximum atomic E-state index is 12.8. The van der Waals surface area contributed by atoms with Crippen LogP contribution < -0.4 is 4.90 Å². The summed E-state index contributed by atoms with van der Waals surface area (Å²) >= 11 is 12.1. The minimum atomic E-state index is -0.979. The first-order chi connectivity index (χ1) is 14.8. The molecule has 0 radical (unpaired) electrons. The Bertz CT molecular complexity index is 848. The molecular weight excluding hydrogens is 441 g/mol. The number of nitrogens with zero attached hydrogens (tertiary/aromatic N) is 3. The number of rotatable bonds is 6. The molecule has 1 aromatic rings. The van der Waals surface area contributed by atoms with Crippen molar-refractivity contribution >= 4 is 40.8 Å². The maximum absolute atomic E-state index is 12.8. The summed E-state index contributed by atoms with van der Waals surface area (Å²) in [6, 6.07) is 4.49. The molecule has 2 atom stereocenters. The van der Waals surface area contributed by atoms with E-state index in [9.17, 15) is 19.8 Å². The molecule has 170 valence electrons. The number of benzene rings is 1. The second kappa shape index (κ2) is 9.14. The minimum absolute atomic E-state index is 0.122. The molecule has 0 aromatic heterocycles. The minimum Gasteiger partial charge on any atom is -0.480 e. The molecule has 0 bridgehead atoms. The van der Waals surface area contributed by atoms with Crippen LogP contribution in [0.4, 0.5) is 5.69 Å². The number of aliphatic hydroxyl groups is 1. The van der Waals surface area contributed by atoms with Crippen LogP contribution in [0.5, 0.6) is 0 Å². The van der Waals surface area contributed by atoms with Gasteiger partial charge in [0.25, 0.3) is 0 Å². The van der Waals surface area contributed by atoms with Crippen LogP contribution in [0.2, 0.25) is 10.0 Å². The molecule has 1 spiro atoms. The predicted molar refractivity (Wildman–Crippen MR) is 120 cm³/mol. The highest BCUT2D eigenvalue weighted by Gasteiger charge is 2.51. The van der Waals surface area contributed by atoms with Crippen molar-refractivity contribution in [3.05, 3.63) is 28.2 Å². The van der Waals surface area contributed by atoms with Gasteiger partial charge in [-0.3, -0.25) is 4.79 Å². The van der Waals surface area contributed by atoms with Gasteiger partial charge < -0.3 is 24.9 Å². The molecular formula is C22H29Cl2N3O4. The molecule has 1 aliphatic carbocycles. The topological polar surface area (TPSA) is 84.3 Å². The number of carbonyl (C=O) groups excluding carboxylic acids is 1. The number of anilines is 1. The maximum Gasteiger partial charge on any atom is 0.326 e. The average molecular weight is 470 g/mol. The Morgan fingerprint density at radius 1 is 1.13 bits per heavy atom. The van der Waals surface area contributed by atoms with E-state index in [0.717, 1.165) is 31.5 Å². The third-order valence-corrected chi connectivity index (χ3v) is 7.87. The second-order valence-electron chi connectivity index (χ2n) is 8.99. The number of carbonyl (C=O) groups is 2. The van der Waals surface area contributed by atoms with E-state index in [2.05, 4.69) is 4.90 Å². The standard InChI is InChI=1S/C22H29Cl2N3O4/c23-16-2-1-15(13-17(16)24)26-9-4-20(29)27(12-11-26)18(21(30)31)3-8-25-10-7-22(5-6-22)19(28)14-25/h1-2,13,18-19,28H,3-12,14H2,(H,30,31). The number of hydrogen-bond acceptors (Lipinski definition) is 5. The van der Waals surface area contributed by atoms with Crippen molar-refractivity contribution < 1.29 is 19.8 Å². The number of aliphatic carboxylic acids is 1. The number of amides is 1. The van der Waals surface area contributed by atoms with Crippen LogP contribution in [0.15, 0.2) is 18.2 Å². The van der Waals surface area contributed by atoms with E-state index in [1.54, 1.807) is 12.1 Å². The summed E-state index contributed by atoms with van der Waals surface area (Å²) in [6.07, 6.45) is 3.42. The van der Waals surface area contributed by atoms with Crippen molar-refractivity contribution in [1.29, 1.82) is 0 Å². The zero-order chi connectivity index (χ0) is 22.2. The van der Waals surface area contributed by atoms with Gasteiger partial charge in [0, 0.05) is 44.8 Å². The molecule has 2 saturated heterocycles. The van der Waals surface area contributed by atoms with Gasteiger partial charge >= 0.3 is 5.97 Å². The van der Waals surface area contributed by atoms with Crippen molar-refractivity contribution in [3.63, 3.8) is 0 Å².